The second-order valence-corrected chi connectivity index (χ2v) is 3.25. The minimum absolute atomic E-state index is 0. The molecule has 1 aliphatic rings. The number of carbonyl (C=O) groups is 1. The first-order valence-corrected chi connectivity index (χ1v) is 4.68. The molecule has 0 fully saturated rings. The molecule has 0 unspecified atom stereocenters. The number of carbonyl (C=O) groups excluding carboxylic acids is 1. The van der Waals surface area contributed by atoms with Gasteiger partial charge < -0.3 is 16.5 Å². The molecule has 1 heterocycles. The fourth-order valence-corrected chi connectivity index (χ4v) is 1.47. The number of amides is 2. The topological polar surface area (TPSA) is 77.3 Å². The van der Waals surface area contributed by atoms with Crippen LogP contribution in [0.4, 0.5) is 10.5 Å². The Morgan fingerprint density at radius 3 is 2.56 bits per heavy atom. The Morgan fingerprint density at radius 2 is 2.06 bits per heavy atom. The molecule has 1 aliphatic heterocycles. The predicted octanol–water partition coefficient (Wildman–Crippen LogP) is 1.97. The van der Waals surface area contributed by atoms with Crippen molar-refractivity contribution in [3.8, 4) is 0 Å². The third-order valence-corrected chi connectivity index (χ3v) is 2.16. The van der Waals surface area contributed by atoms with Crippen molar-refractivity contribution in [3.63, 3.8) is 0 Å². The van der Waals surface area contributed by atoms with E-state index >= 15 is 0 Å². The van der Waals surface area contributed by atoms with Crippen LogP contribution in [0.1, 0.15) is 12.0 Å². The van der Waals surface area contributed by atoms with Crippen LogP contribution < -0.4 is 10.7 Å². The zero-order chi connectivity index (χ0) is 10.7. The van der Waals surface area contributed by atoms with E-state index in [1.54, 1.807) is 12.1 Å². The average molecular weight is 292 g/mol. The number of hydrazone groups is 1. The molecule has 81 valence electrons. The number of rotatable bonds is 2. The first-order chi connectivity index (χ1) is 7.25. The van der Waals surface area contributed by atoms with E-state index in [0.717, 1.165) is 24.2 Å². The summed E-state index contributed by atoms with van der Waals surface area (Å²) < 4.78 is 0. The third-order valence-electron chi connectivity index (χ3n) is 2.16. The molecule has 1 aromatic carbocycles. The largest absolute Gasteiger partial charge is 0.447 e. The molecule has 0 saturated heterocycles. The first kappa shape index (κ1) is 13.1. The Bertz CT molecular complexity index is 402. The summed E-state index contributed by atoms with van der Waals surface area (Å²) in [5.74, 6) is 0. The summed E-state index contributed by atoms with van der Waals surface area (Å²) in [7, 11) is 0. The van der Waals surface area contributed by atoms with Crippen molar-refractivity contribution in [1.29, 1.82) is 0 Å². The number of hydrogen-bond acceptors (Lipinski definition) is 3. The molecule has 2 rings (SSSR count). The second kappa shape index (κ2) is 5.96. The van der Waals surface area contributed by atoms with Gasteiger partial charge in [0.25, 0.3) is 0 Å². The van der Waals surface area contributed by atoms with Gasteiger partial charge in [0.05, 0.1) is 5.71 Å². The smallest absolute Gasteiger partial charge is 0.153 e. The standard InChI is InChI=1S/C10H12N4O.Y/c11-10(15)13-8-3-1-7(2-4-8)9-5-6-12-14-9;/h1-4,12H,5-6H2,(H3,11,13,14,15);/p-1. The van der Waals surface area contributed by atoms with Gasteiger partial charge in [0.15, 0.2) is 6.03 Å². The van der Waals surface area contributed by atoms with Crippen molar-refractivity contribution in [2.24, 2.45) is 5.10 Å². The van der Waals surface area contributed by atoms with Gasteiger partial charge in [-0.15, -0.1) is 0 Å². The van der Waals surface area contributed by atoms with Gasteiger partial charge in [-0.05, 0) is 11.3 Å². The van der Waals surface area contributed by atoms with Gasteiger partial charge >= 0.3 is 0 Å². The summed E-state index contributed by atoms with van der Waals surface area (Å²) in [6, 6.07) is 6.50. The molecule has 2 amide bonds. The van der Waals surface area contributed by atoms with Crippen molar-refractivity contribution in [1.82, 2.24) is 5.43 Å². The van der Waals surface area contributed by atoms with E-state index in [2.05, 4.69) is 15.8 Å². The van der Waals surface area contributed by atoms with Crippen LogP contribution in [0.15, 0.2) is 29.4 Å². The van der Waals surface area contributed by atoms with Crippen molar-refractivity contribution in [3.05, 3.63) is 35.6 Å². The van der Waals surface area contributed by atoms with Gasteiger partial charge in [-0.3, -0.25) is 4.79 Å². The van der Waals surface area contributed by atoms with Crippen LogP contribution in [-0.4, -0.2) is 18.3 Å². The Balaban J connectivity index is 0.00000128. The van der Waals surface area contributed by atoms with Gasteiger partial charge in [0, 0.05) is 45.7 Å². The van der Waals surface area contributed by atoms with Gasteiger partial charge in [-0.2, -0.15) is 5.10 Å². The van der Waals surface area contributed by atoms with Crippen LogP contribution in [0.2, 0.25) is 0 Å². The van der Waals surface area contributed by atoms with Crippen LogP contribution in [-0.2, 0) is 32.7 Å². The molecule has 1 aromatic rings. The zero-order valence-electron chi connectivity index (χ0n) is 8.66. The van der Waals surface area contributed by atoms with Crippen LogP contribution in [0.5, 0.6) is 0 Å². The number of anilines is 1. The number of nitrogens with one attached hydrogen (secondary N) is 3. The first-order valence-electron chi connectivity index (χ1n) is 4.68. The van der Waals surface area contributed by atoms with E-state index < -0.39 is 6.03 Å². The summed E-state index contributed by atoms with van der Waals surface area (Å²) >= 11 is 0. The Hall–Kier alpha value is -0.936. The van der Waals surface area contributed by atoms with E-state index in [-0.39, 0.29) is 32.7 Å². The van der Waals surface area contributed by atoms with E-state index in [4.69, 9.17) is 5.73 Å². The summed E-state index contributed by atoms with van der Waals surface area (Å²) in [4.78, 5) is 10.5. The minimum Gasteiger partial charge on any atom is -0.447 e. The van der Waals surface area contributed by atoms with Crippen LogP contribution >= 0.6 is 0 Å². The summed E-state index contributed by atoms with van der Waals surface area (Å²) in [6.45, 7) is 0.876. The van der Waals surface area contributed by atoms with Crippen LogP contribution in [0.25, 0.3) is 5.73 Å². The van der Waals surface area contributed by atoms with Gasteiger partial charge in [0.1, 0.15) is 0 Å². The Morgan fingerprint density at radius 1 is 1.38 bits per heavy atom. The van der Waals surface area contributed by atoms with Crippen molar-refractivity contribution < 1.29 is 37.5 Å². The molecule has 0 spiro atoms. The zero-order valence-corrected chi connectivity index (χ0v) is 11.5. The van der Waals surface area contributed by atoms with Crippen molar-refractivity contribution in [2.45, 2.75) is 6.42 Å². The molecular weight excluding hydrogens is 281 g/mol. The van der Waals surface area contributed by atoms with Crippen LogP contribution in [0.3, 0.4) is 0 Å². The molecule has 0 aromatic heterocycles. The minimum atomic E-state index is -0.803. The molecule has 1 radical (unpaired) electrons. The van der Waals surface area contributed by atoms with Crippen molar-refractivity contribution in [2.75, 3.05) is 11.9 Å². The van der Waals surface area contributed by atoms with Gasteiger partial charge in [-0.25, -0.2) is 0 Å². The molecule has 0 bridgehead atoms. The van der Waals surface area contributed by atoms with Gasteiger partial charge in [-0.1, -0.05) is 24.3 Å². The fraction of sp³-hybridized carbons (Fsp3) is 0.200. The van der Waals surface area contributed by atoms with Crippen LogP contribution in [0, 0.1) is 0 Å². The maximum atomic E-state index is 10.5. The molecule has 3 N–H and O–H groups in total. The molecule has 5 nitrogen and oxygen atoms in total. The van der Waals surface area contributed by atoms with E-state index in [9.17, 15) is 4.79 Å². The SMILES string of the molecule is [NH-]C(=O)Nc1ccc(C2=NNCC2)cc1.[Y]. The summed E-state index contributed by atoms with van der Waals surface area (Å²) in [6.07, 6.45) is 0.921. The molecule has 0 aliphatic carbocycles. The monoisotopic (exact) mass is 292 g/mol. The molecule has 0 atom stereocenters. The fourth-order valence-electron chi connectivity index (χ4n) is 1.47. The number of urea groups is 1. The predicted molar refractivity (Wildman–Crippen MR) is 58.9 cm³/mol. The maximum Gasteiger partial charge on any atom is 0.153 e. The van der Waals surface area contributed by atoms with E-state index in [1.165, 1.54) is 0 Å². The van der Waals surface area contributed by atoms with Crippen molar-refractivity contribution >= 4 is 17.4 Å². The molecule has 6 heteroatoms. The average Bonchev–Trinajstić information content (AvgIpc) is 2.71. The maximum absolute atomic E-state index is 10.5. The third kappa shape index (κ3) is 3.28. The van der Waals surface area contributed by atoms with E-state index in [0.29, 0.717) is 5.69 Å². The van der Waals surface area contributed by atoms with Gasteiger partial charge in [0.2, 0.25) is 0 Å². The second-order valence-electron chi connectivity index (χ2n) is 3.25. The molecule has 16 heavy (non-hydrogen) atoms. The normalized spacial score (nSPS) is 13.4. The number of benzene rings is 1. The number of nitrogens with zero attached hydrogens (tertiary/aromatic N) is 1. The number of hydrogen-bond donors (Lipinski definition) is 2. The summed E-state index contributed by atoms with van der Waals surface area (Å²) in [5, 5.41) is 6.53. The summed E-state index contributed by atoms with van der Waals surface area (Å²) in [5.41, 5.74) is 12.4. The van der Waals surface area contributed by atoms with E-state index in [1.807, 2.05) is 12.1 Å². The molecular formula is C10H11N4OY-. The Labute approximate surface area is 119 Å². The quantitative estimate of drug-likeness (QED) is 0.874. The molecule has 0 saturated carbocycles. The Kier molecular flexibility index (Phi) is 4.89.